The summed E-state index contributed by atoms with van der Waals surface area (Å²) in [5.41, 5.74) is 6.80. The Morgan fingerprint density at radius 3 is 1.53 bits per heavy atom. The summed E-state index contributed by atoms with van der Waals surface area (Å²) in [6.07, 6.45) is 1.96. The van der Waals surface area contributed by atoms with Gasteiger partial charge in [-0.3, -0.25) is 21.0 Å². The second-order valence-electron chi connectivity index (χ2n) is 6.82. The van der Waals surface area contributed by atoms with E-state index in [1.807, 2.05) is 6.08 Å². The molecule has 0 radical (unpaired) electrons. The molecule has 0 amide bonds. The summed E-state index contributed by atoms with van der Waals surface area (Å²) in [5.74, 6) is 0. The molecule has 0 rings (SSSR count). The van der Waals surface area contributed by atoms with Crippen LogP contribution in [-0.2, 0) is 0 Å². The van der Waals surface area contributed by atoms with Crippen LogP contribution in [0, 0.1) is 0 Å². The Hall–Kier alpha value is -0.203. The lowest BCUT2D eigenvalue weighted by atomic mass is 10.1. The Balaban J connectivity index is 4.40. The summed E-state index contributed by atoms with van der Waals surface area (Å²) >= 11 is 0. The Morgan fingerprint density at radius 1 is 0.941 bits per heavy atom. The van der Waals surface area contributed by atoms with E-state index in [0.29, 0.717) is 0 Å². The number of allylic oxidation sites excluding steroid dienone is 1. The smallest absolute Gasteiger partial charge is 0.229 e. The van der Waals surface area contributed by atoms with Gasteiger partial charge in [-0.2, -0.15) is 0 Å². The summed E-state index contributed by atoms with van der Waals surface area (Å²) in [7, 11) is -1.81. The van der Waals surface area contributed by atoms with Crippen LogP contribution in [0.1, 0.15) is 41.5 Å². The van der Waals surface area contributed by atoms with E-state index in [1.165, 1.54) is 0 Å². The SMILES string of the molecule is C=CC[Si](C)(NNC(C)(C)C)NNC(C)(C)C. The molecule has 0 heterocycles. The maximum Gasteiger partial charge on any atom is 0.229 e. The van der Waals surface area contributed by atoms with Crippen molar-refractivity contribution in [1.29, 1.82) is 0 Å². The van der Waals surface area contributed by atoms with Gasteiger partial charge in [0, 0.05) is 11.1 Å². The van der Waals surface area contributed by atoms with Crippen molar-refractivity contribution in [1.82, 2.24) is 21.0 Å². The lowest BCUT2D eigenvalue weighted by Crippen LogP contribution is -2.71. The molecule has 0 saturated carbocycles. The molecule has 0 bridgehead atoms. The summed E-state index contributed by atoms with van der Waals surface area (Å²) < 4.78 is 0. The van der Waals surface area contributed by atoms with E-state index in [4.69, 9.17) is 0 Å². The van der Waals surface area contributed by atoms with Crippen molar-refractivity contribution in [3.63, 3.8) is 0 Å². The summed E-state index contributed by atoms with van der Waals surface area (Å²) in [5, 5.41) is 6.91. The van der Waals surface area contributed by atoms with Crippen LogP contribution in [0.15, 0.2) is 12.7 Å². The first-order chi connectivity index (χ1) is 7.47. The third kappa shape index (κ3) is 9.49. The van der Waals surface area contributed by atoms with Crippen molar-refractivity contribution in [2.45, 2.75) is 65.2 Å². The Kier molecular flexibility index (Phi) is 6.03. The lowest BCUT2D eigenvalue weighted by Gasteiger charge is -2.35. The van der Waals surface area contributed by atoms with Crippen LogP contribution >= 0.6 is 0 Å². The van der Waals surface area contributed by atoms with Crippen LogP contribution in [-0.4, -0.2) is 19.5 Å². The van der Waals surface area contributed by atoms with Crippen molar-refractivity contribution in [3.05, 3.63) is 12.7 Å². The van der Waals surface area contributed by atoms with E-state index >= 15 is 0 Å². The fourth-order valence-electron chi connectivity index (χ4n) is 1.07. The van der Waals surface area contributed by atoms with E-state index in [-0.39, 0.29) is 11.1 Å². The molecular weight excluding hydrogens is 228 g/mol. The molecule has 4 N–H and O–H groups in total. The highest BCUT2D eigenvalue weighted by atomic mass is 28.3. The van der Waals surface area contributed by atoms with Crippen LogP contribution in [0.25, 0.3) is 0 Å². The monoisotopic (exact) mass is 258 g/mol. The number of rotatable bonds is 6. The number of nitrogens with one attached hydrogen (secondary N) is 4. The predicted molar refractivity (Wildman–Crippen MR) is 78.7 cm³/mol. The van der Waals surface area contributed by atoms with E-state index in [1.54, 1.807) is 0 Å². The highest BCUT2D eigenvalue weighted by Crippen LogP contribution is 2.05. The first-order valence-electron chi connectivity index (χ1n) is 6.17. The minimum Gasteiger partial charge on any atom is -0.263 e. The molecule has 0 aromatic rings. The van der Waals surface area contributed by atoms with Crippen molar-refractivity contribution in [2.24, 2.45) is 0 Å². The standard InChI is InChI=1S/C12H30N4Si/c1-9-10-17(8,15-13-11(2,3)4)16-14-12(5,6)7/h9,13-16H,1,10H2,2-8H3. The molecule has 102 valence electrons. The molecule has 0 aromatic heterocycles. The van der Waals surface area contributed by atoms with Gasteiger partial charge in [0.15, 0.2) is 0 Å². The van der Waals surface area contributed by atoms with Crippen LogP contribution in [0.2, 0.25) is 12.6 Å². The van der Waals surface area contributed by atoms with E-state index in [2.05, 4.69) is 75.7 Å². The van der Waals surface area contributed by atoms with E-state index in [9.17, 15) is 0 Å². The summed E-state index contributed by atoms with van der Waals surface area (Å²) in [6, 6.07) is 0.944. The molecule has 0 saturated heterocycles. The molecule has 0 unspecified atom stereocenters. The van der Waals surface area contributed by atoms with Gasteiger partial charge in [-0.1, -0.05) is 6.08 Å². The molecule has 0 aliphatic rings. The molecular formula is C12H30N4Si. The number of hydrogen-bond donors (Lipinski definition) is 4. The quantitative estimate of drug-likeness (QED) is 0.334. The van der Waals surface area contributed by atoms with Gasteiger partial charge in [0.05, 0.1) is 0 Å². The highest BCUT2D eigenvalue weighted by molar-refractivity contribution is 6.73. The lowest BCUT2D eigenvalue weighted by molar-refractivity contribution is 0.376. The Morgan fingerprint density at radius 2 is 1.29 bits per heavy atom. The Labute approximate surface area is 108 Å². The maximum atomic E-state index is 3.83. The van der Waals surface area contributed by atoms with Crippen LogP contribution in [0.4, 0.5) is 0 Å². The fraction of sp³-hybridized carbons (Fsp3) is 0.833. The minimum absolute atomic E-state index is 0.0544. The molecule has 4 nitrogen and oxygen atoms in total. The topological polar surface area (TPSA) is 48.1 Å². The van der Waals surface area contributed by atoms with Gasteiger partial charge in [-0.15, -0.1) is 6.58 Å². The van der Waals surface area contributed by atoms with Gasteiger partial charge in [0.1, 0.15) is 0 Å². The second-order valence-corrected chi connectivity index (χ2v) is 10.4. The van der Waals surface area contributed by atoms with Crippen molar-refractivity contribution >= 4 is 8.40 Å². The molecule has 0 aromatic carbocycles. The molecule has 0 atom stereocenters. The average Bonchev–Trinajstić information content (AvgIpc) is 2.11. The highest BCUT2D eigenvalue weighted by Gasteiger charge is 2.29. The van der Waals surface area contributed by atoms with E-state index < -0.39 is 8.40 Å². The largest absolute Gasteiger partial charge is 0.263 e. The zero-order valence-corrected chi connectivity index (χ0v) is 13.5. The normalized spacial score (nSPS) is 13.8. The molecule has 0 fully saturated rings. The van der Waals surface area contributed by atoms with Gasteiger partial charge in [0.25, 0.3) is 0 Å². The van der Waals surface area contributed by atoms with E-state index in [0.717, 1.165) is 6.04 Å². The predicted octanol–water partition coefficient (Wildman–Crippen LogP) is 2.03. The molecule has 0 aliphatic heterocycles. The van der Waals surface area contributed by atoms with Gasteiger partial charge >= 0.3 is 0 Å². The van der Waals surface area contributed by atoms with Crippen LogP contribution in [0.3, 0.4) is 0 Å². The summed E-state index contributed by atoms with van der Waals surface area (Å²) in [6.45, 7) is 18.9. The number of hydrazine groups is 2. The third-order valence-electron chi connectivity index (χ3n) is 1.98. The average molecular weight is 258 g/mol. The first-order valence-corrected chi connectivity index (χ1v) is 8.88. The van der Waals surface area contributed by atoms with Crippen molar-refractivity contribution < 1.29 is 0 Å². The van der Waals surface area contributed by atoms with Gasteiger partial charge < -0.3 is 0 Å². The molecule has 0 aliphatic carbocycles. The van der Waals surface area contributed by atoms with Gasteiger partial charge in [0.2, 0.25) is 8.40 Å². The minimum atomic E-state index is -1.81. The second kappa shape index (κ2) is 6.11. The van der Waals surface area contributed by atoms with Crippen molar-refractivity contribution in [2.75, 3.05) is 0 Å². The van der Waals surface area contributed by atoms with Crippen molar-refractivity contribution in [3.8, 4) is 0 Å². The zero-order valence-electron chi connectivity index (χ0n) is 12.5. The third-order valence-corrected chi connectivity index (χ3v) is 4.44. The summed E-state index contributed by atoms with van der Waals surface area (Å²) in [4.78, 5) is 0. The van der Waals surface area contributed by atoms with Gasteiger partial charge in [-0.25, -0.2) is 0 Å². The fourth-order valence-corrected chi connectivity index (χ4v) is 3.22. The molecule has 0 spiro atoms. The molecule has 5 heteroatoms. The molecule has 17 heavy (non-hydrogen) atoms. The zero-order chi connectivity index (χ0) is 13.7. The van der Waals surface area contributed by atoms with Gasteiger partial charge in [-0.05, 0) is 54.1 Å². The maximum absolute atomic E-state index is 3.83. The first kappa shape index (κ1) is 16.8. The van der Waals surface area contributed by atoms with Crippen LogP contribution < -0.4 is 21.0 Å². The van der Waals surface area contributed by atoms with Crippen LogP contribution in [0.5, 0.6) is 0 Å². The Bertz CT molecular complexity index is 222. The number of hydrogen-bond acceptors (Lipinski definition) is 4.